The smallest absolute Gasteiger partial charge is 0.0194 e. The van der Waals surface area contributed by atoms with Crippen LogP contribution in [0.5, 0.6) is 0 Å². The van der Waals surface area contributed by atoms with Crippen LogP contribution in [0.4, 0.5) is 0 Å². The van der Waals surface area contributed by atoms with Crippen molar-refractivity contribution in [3.63, 3.8) is 0 Å². The highest BCUT2D eigenvalue weighted by Crippen LogP contribution is 2.70. The Morgan fingerprint density at radius 1 is 1.09 bits per heavy atom. The molecular formula is C33H38. The maximum atomic E-state index is 5.54. The molecule has 3 aliphatic carbocycles. The van der Waals surface area contributed by atoms with Gasteiger partial charge < -0.3 is 0 Å². The second-order valence-corrected chi connectivity index (χ2v) is 11.5. The normalized spacial score (nSPS) is 31.3. The molecule has 3 atom stereocenters. The van der Waals surface area contributed by atoms with E-state index in [0.717, 1.165) is 24.8 Å². The van der Waals surface area contributed by atoms with E-state index in [0.29, 0.717) is 0 Å². The maximum Gasteiger partial charge on any atom is 0.0194 e. The van der Waals surface area contributed by atoms with Crippen LogP contribution in [0.1, 0.15) is 76.6 Å². The molecule has 0 aromatic heterocycles. The molecule has 0 fully saturated rings. The fraction of sp³-hybridized carbons (Fsp3) is 0.394. The van der Waals surface area contributed by atoms with Crippen LogP contribution in [-0.2, 0) is 6.42 Å². The van der Waals surface area contributed by atoms with Crippen molar-refractivity contribution < 1.29 is 0 Å². The zero-order valence-electron chi connectivity index (χ0n) is 21.6. The number of allylic oxidation sites excluding steroid dienone is 8. The molecule has 0 nitrogen and oxygen atoms in total. The summed E-state index contributed by atoms with van der Waals surface area (Å²) in [6, 6.07) is 4.42. The quantitative estimate of drug-likeness (QED) is 0.408. The van der Waals surface area contributed by atoms with Gasteiger partial charge in [-0.3, -0.25) is 0 Å². The van der Waals surface area contributed by atoms with Gasteiger partial charge in [0.2, 0.25) is 0 Å². The van der Waals surface area contributed by atoms with Crippen molar-refractivity contribution in [1.29, 1.82) is 0 Å². The van der Waals surface area contributed by atoms with Crippen LogP contribution < -0.4 is 0 Å². The summed E-state index contributed by atoms with van der Waals surface area (Å²) in [5, 5.41) is 0. The number of aryl methyl sites for hydroxylation is 1. The minimum absolute atomic E-state index is 0.0240. The van der Waals surface area contributed by atoms with Crippen molar-refractivity contribution in [3.8, 4) is 12.3 Å². The highest BCUT2D eigenvalue weighted by atomic mass is 14.6. The SMILES string of the molecule is C#C/C=C/c1ccc(C)c2c1C[C@]1(C)C[C@]3(C)CC(C)=C(C(=C)C)C(=C)[C@]3(C)C(C)=C1C2=C. The molecule has 0 amide bonds. The van der Waals surface area contributed by atoms with Gasteiger partial charge in [-0.15, -0.1) is 6.42 Å². The number of terminal acetylenes is 1. The second kappa shape index (κ2) is 7.36. The molecule has 0 bridgehead atoms. The van der Waals surface area contributed by atoms with Crippen LogP contribution in [0, 0.1) is 35.5 Å². The van der Waals surface area contributed by atoms with Gasteiger partial charge in [-0.1, -0.05) is 75.3 Å². The van der Waals surface area contributed by atoms with E-state index in [2.05, 4.69) is 79.2 Å². The highest BCUT2D eigenvalue weighted by molar-refractivity contribution is 5.88. The zero-order chi connectivity index (χ0) is 24.5. The number of benzene rings is 1. The van der Waals surface area contributed by atoms with Crippen LogP contribution in [0.15, 0.2) is 71.4 Å². The lowest BCUT2D eigenvalue weighted by Crippen LogP contribution is -2.52. The molecule has 4 rings (SSSR count). The van der Waals surface area contributed by atoms with Gasteiger partial charge in [-0.2, -0.15) is 0 Å². The summed E-state index contributed by atoms with van der Waals surface area (Å²) < 4.78 is 0. The Kier molecular flexibility index (Phi) is 5.22. The summed E-state index contributed by atoms with van der Waals surface area (Å²) in [4.78, 5) is 0. The van der Waals surface area contributed by atoms with Crippen LogP contribution in [0.3, 0.4) is 0 Å². The predicted molar refractivity (Wildman–Crippen MR) is 145 cm³/mol. The molecule has 3 aliphatic rings. The Hall–Kier alpha value is -2.78. The van der Waals surface area contributed by atoms with Gasteiger partial charge in [0, 0.05) is 5.41 Å². The molecule has 0 radical (unpaired) electrons. The van der Waals surface area contributed by atoms with Crippen LogP contribution in [0.2, 0.25) is 0 Å². The minimum Gasteiger partial charge on any atom is -0.115 e. The van der Waals surface area contributed by atoms with Crippen molar-refractivity contribution in [3.05, 3.63) is 93.6 Å². The third-order valence-electron chi connectivity index (χ3n) is 9.22. The molecule has 0 unspecified atom stereocenters. The van der Waals surface area contributed by atoms with Crippen LogP contribution in [-0.4, -0.2) is 0 Å². The lowest BCUT2D eigenvalue weighted by Gasteiger charge is -2.62. The Balaban J connectivity index is 2.01. The fourth-order valence-corrected chi connectivity index (χ4v) is 7.86. The Morgan fingerprint density at radius 3 is 2.36 bits per heavy atom. The largest absolute Gasteiger partial charge is 0.115 e. The molecule has 0 saturated heterocycles. The minimum atomic E-state index is -0.120. The van der Waals surface area contributed by atoms with E-state index in [-0.39, 0.29) is 16.2 Å². The lowest BCUT2D eigenvalue weighted by molar-refractivity contribution is 0.0544. The summed E-state index contributed by atoms with van der Waals surface area (Å²) in [7, 11) is 0. The summed E-state index contributed by atoms with van der Waals surface area (Å²) in [6.45, 7) is 30.0. The first-order chi connectivity index (χ1) is 15.3. The summed E-state index contributed by atoms with van der Waals surface area (Å²) in [6.07, 6.45) is 12.6. The van der Waals surface area contributed by atoms with Crippen molar-refractivity contribution in [2.45, 2.75) is 67.7 Å². The number of fused-ring (bicyclic) bond motifs is 3. The first-order valence-electron chi connectivity index (χ1n) is 12.0. The first-order valence-corrected chi connectivity index (χ1v) is 12.0. The molecule has 0 spiro atoms. The van der Waals surface area contributed by atoms with E-state index in [9.17, 15) is 0 Å². The molecule has 170 valence electrons. The average Bonchev–Trinajstić information content (AvgIpc) is 2.69. The van der Waals surface area contributed by atoms with E-state index in [4.69, 9.17) is 19.6 Å². The molecular weight excluding hydrogens is 396 g/mol. The van der Waals surface area contributed by atoms with E-state index in [1.165, 1.54) is 55.7 Å². The zero-order valence-corrected chi connectivity index (χ0v) is 21.6. The summed E-state index contributed by atoms with van der Waals surface area (Å²) in [5.74, 6) is 2.66. The van der Waals surface area contributed by atoms with Gasteiger partial charge in [-0.25, -0.2) is 0 Å². The van der Waals surface area contributed by atoms with Crippen molar-refractivity contribution >= 4 is 11.6 Å². The Labute approximate surface area is 201 Å². The molecule has 0 aliphatic heterocycles. The van der Waals surface area contributed by atoms with Crippen molar-refractivity contribution in [2.24, 2.45) is 16.2 Å². The standard InChI is InChI=1S/C33H38/c1-12-13-14-26-16-15-21(4)29-23(6)30-25(8)33(11)24(7)28(20(2)3)22(5)17-32(33,10)19-31(30,9)18-27(26)29/h1,13-16H,2,6-7,17-19H2,3-5,8-11H3/b14-13+/t31-,32+,33-/m1/s1. The third kappa shape index (κ3) is 2.98. The number of hydrogen-bond donors (Lipinski definition) is 0. The second-order valence-electron chi connectivity index (χ2n) is 11.5. The van der Waals surface area contributed by atoms with Gasteiger partial charge in [0.05, 0.1) is 0 Å². The number of rotatable bonds is 2. The van der Waals surface area contributed by atoms with E-state index in [1.54, 1.807) is 0 Å². The van der Waals surface area contributed by atoms with Gasteiger partial charge >= 0.3 is 0 Å². The number of hydrogen-bond acceptors (Lipinski definition) is 0. The van der Waals surface area contributed by atoms with E-state index in [1.807, 2.05) is 6.08 Å². The Bertz CT molecular complexity index is 1260. The van der Waals surface area contributed by atoms with Crippen molar-refractivity contribution in [2.75, 3.05) is 0 Å². The highest BCUT2D eigenvalue weighted by Gasteiger charge is 2.59. The summed E-state index contributed by atoms with van der Waals surface area (Å²) in [5.41, 5.74) is 14.3. The van der Waals surface area contributed by atoms with Crippen LogP contribution in [0.25, 0.3) is 11.6 Å². The Morgan fingerprint density at radius 2 is 1.76 bits per heavy atom. The first kappa shape index (κ1) is 23.4. The molecule has 1 aromatic carbocycles. The van der Waals surface area contributed by atoms with E-state index >= 15 is 0 Å². The third-order valence-corrected chi connectivity index (χ3v) is 9.22. The summed E-state index contributed by atoms with van der Waals surface area (Å²) >= 11 is 0. The maximum absolute atomic E-state index is 5.54. The lowest BCUT2D eigenvalue weighted by atomic mass is 9.41. The van der Waals surface area contributed by atoms with Gasteiger partial charge in [0.25, 0.3) is 0 Å². The topological polar surface area (TPSA) is 0 Å². The van der Waals surface area contributed by atoms with Gasteiger partial charge in [0.15, 0.2) is 0 Å². The predicted octanol–water partition coefficient (Wildman–Crippen LogP) is 8.80. The average molecular weight is 435 g/mol. The fourth-order valence-electron chi connectivity index (χ4n) is 7.86. The van der Waals surface area contributed by atoms with E-state index < -0.39 is 0 Å². The van der Waals surface area contributed by atoms with Crippen molar-refractivity contribution in [1.82, 2.24) is 0 Å². The molecule has 0 N–H and O–H groups in total. The molecule has 1 aromatic rings. The van der Waals surface area contributed by atoms with Crippen LogP contribution >= 0.6 is 0 Å². The molecule has 0 heteroatoms. The monoisotopic (exact) mass is 434 g/mol. The molecule has 0 saturated carbocycles. The van der Waals surface area contributed by atoms with Gasteiger partial charge in [0.1, 0.15) is 0 Å². The molecule has 33 heavy (non-hydrogen) atoms. The van der Waals surface area contributed by atoms with Gasteiger partial charge in [-0.05, 0) is 114 Å². The molecule has 0 heterocycles.